The van der Waals surface area contributed by atoms with E-state index in [1.807, 2.05) is 6.07 Å². The Morgan fingerprint density at radius 2 is 1.88 bits per heavy atom. The summed E-state index contributed by atoms with van der Waals surface area (Å²) in [6.07, 6.45) is 0.436. The minimum absolute atomic E-state index is 0.0202. The smallest absolute Gasteiger partial charge is 0.324 e. The van der Waals surface area contributed by atoms with Crippen molar-refractivity contribution in [2.45, 2.75) is 12.8 Å². The second-order valence-corrected chi connectivity index (χ2v) is 5.55. The lowest BCUT2D eigenvalue weighted by molar-refractivity contribution is -0.125. The number of rotatable bonds is 5. The fraction of sp³-hybridized carbons (Fsp3) is 0.312. The zero-order valence-electron chi connectivity index (χ0n) is 13.4. The van der Waals surface area contributed by atoms with Crippen LogP contribution in [0.15, 0.2) is 35.4 Å². The van der Waals surface area contributed by atoms with Gasteiger partial charge < -0.3 is 10.6 Å². The molecule has 1 aromatic carbocycles. The third kappa shape index (κ3) is 3.65. The summed E-state index contributed by atoms with van der Waals surface area (Å²) in [5.74, 6) is -0.919. The fourth-order valence-electron chi connectivity index (χ4n) is 2.55. The predicted molar refractivity (Wildman–Crippen MR) is 88.7 cm³/mol. The summed E-state index contributed by atoms with van der Waals surface area (Å²) in [4.78, 5) is 48.2. The van der Waals surface area contributed by atoms with Crippen LogP contribution >= 0.6 is 0 Å². The maximum absolute atomic E-state index is 12.2. The van der Waals surface area contributed by atoms with Crippen molar-refractivity contribution in [1.29, 1.82) is 0 Å². The van der Waals surface area contributed by atoms with Gasteiger partial charge >= 0.3 is 6.03 Å². The van der Waals surface area contributed by atoms with Crippen molar-refractivity contribution in [3.63, 3.8) is 0 Å². The highest BCUT2D eigenvalue weighted by molar-refractivity contribution is 6.40. The molecule has 5 amide bonds. The molecular formula is C16H17N5O4. The maximum Gasteiger partial charge on any atom is 0.324 e. The summed E-state index contributed by atoms with van der Waals surface area (Å²) in [6, 6.07) is 8.40. The lowest BCUT2D eigenvalue weighted by atomic mass is 10.1. The number of carbonyl (C=O) groups is 4. The van der Waals surface area contributed by atoms with Crippen molar-refractivity contribution >= 4 is 35.2 Å². The topological polar surface area (TPSA) is 111 Å². The van der Waals surface area contributed by atoms with Crippen molar-refractivity contribution in [1.82, 2.24) is 15.5 Å². The van der Waals surface area contributed by atoms with E-state index in [2.05, 4.69) is 15.7 Å². The normalized spacial score (nSPS) is 17.4. The molecule has 0 bridgehead atoms. The third-order valence-corrected chi connectivity index (χ3v) is 3.85. The van der Waals surface area contributed by atoms with Crippen LogP contribution in [0.25, 0.3) is 0 Å². The molecule has 9 heteroatoms. The van der Waals surface area contributed by atoms with Crippen LogP contribution in [0.1, 0.15) is 12.8 Å². The first kappa shape index (κ1) is 16.6. The second-order valence-electron chi connectivity index (χ2n) is 5.55. The van der Waals surface area contributed by atoms with Crippen LogP contribution in [0.3, 0.4) is 0 Å². The molecule has 25 heavy (non-hydrogen) atoms. The van der Waals surface area contributed by atoms with Gasteiger partial charge in [-0.05, 0) is 12.1 Å². The average Bonchev–Trinajstić information content (AvgIpc) is 2.94. The zero-order chi connectivity index (χ0) is 17.8. The summed E-state index contributed by atoms with van der Waals surface area (Å²) in [7, 11) is 0. The molecule has 2 N–H and O–H groups in total. The van der Waals surface area contributed by atoms with Crippen molar-refractivity contribution in [3.05, 3.63) is 30.3 Å². The van der Waals surface area contributed by atoms with E-state index in [9.17, 15) is 19.2 Å². The molecule has 0 radical (unpaired) electrons. The minimum Gasteiger partial charge on any atom is -0.349 e. The summed E-state index contributed by atoms with van der Waals surface area (Å²) >= 11 is 0. The Morgan fingerprint density at radius 3 is 2.56 bits per heavy atom. The number of nitrogens with one attached hydrogen (secondary N) is 2. The number of anilines is 1. The summed E-state index contributed by atoms with van der Waals surface area (Å²) in [5, 5.41) is 10.4. The monoisotopic (exact) mass is 343 g/mol. The number of amides is 5. The Kier molecular flexibility index (Phi) is 4.73. The van der Waals surface area contributed by atoms with Crippen molar-refractivity contribution in [2.75, 3.05) is 24.6 Å². The zero-order valence-corrected chi connectivity index (χ0v) is 13.4. The number of hydrazone groups is 1. The summed E-state index contributed by atoms with van der Waals surface area (Å²) < 4.78 is 0. The Morgan fingerprint density at radius 1 is 1.12 bits per heavy atom. The first-order valence-corrected chi connectivity index (χ1v) is 7.88. The largest absolute Gasteiger partial charge is 0.349 e. The molecule has 9 nitrogen and oxygen atoms in total. The van der Waals surface area contributed by atoms with E-state index in [1.54, 1.807) is 24.3 Å². The van der Waals surface area contributed by atoms with Gasteiger partial charge in [-0.25, -0.2) is 9.80 Å². The molecule has 0 saturated carbocycles. The molecule has 1 saturated heterocycles. The van der Waals surface area contributed by atoms with Crippen LogP contribution in [-0.2, 0) is 14.4 Å². The van der Waals surface area contributed by atoms with Crippen molar-refractivity contribution in [2.24, 2.45) is 5.10 Å². The van der Waals surface area contributed by atoms with Gasteiger partial charge in [0.05, 0.1) is 12.2 Å². The standard InChI is InChI=1S/C16H17N5O4/c22-13-7-6-12(19-21(13)11-4-2-1-3-5-11)15(24)17-8-9-20-14(23)10-18-16(20)25/h1-5H,6-10H2,(H,17,24)(H,18,25). The molecule has 0 atom stereocenters. The number of carbonyl (C=O) groups excluding carboxylic acids is 4. The molecule has 1 aromatic rings. The molecular weight excluding hydrogens is 326 g/mol. The van der Waals surface area contributed by atoms with Crippen LogP contribution in [0, 0.1) is 0 Å². The molecule has 0 aromatic heterocycles. The Bertz CT molecular complexity index is 730. The number of nitrogens with zero attached hydrogens (tertiary/aromatic N) is 3. The van der Waals surface area contributed by atoms with E-state index in [-0.39, 0.29) is 50.0 Å². The van der Waals surface area contributed by atoms with Gasteiger partial charge in [0, 0.05) is 25.9 Å². The quantitative estimate of drug-likeness (QED) is 0.724. The molecule has 0 unspecified atom stereocenters. The minimum atomic E-state index is -0.463. The van der Waals surface area contributed by atoms with E-state index in [0.717, 1.165) is 4.90 Å². The molecule has 3 rings (SSSR count). The molecule has 2 aliphatic rings. The number of hydrogen-bond donors (Lipinski definition) is 2. The summed E-state index contributed by atoms with van der Waals surface area (Å²) in [6.45, 7) is 0.189. The lowest BCUT2D eigenvalue weighted by Crippen LogP contribution is -2.43. The second kappa shape index (κ2) is 7.12. The molecule has 2 aliphatic heterocycles. The summed E-state index contributed by atoms with van der Waals surface area (Å²) in [5.41, 5.74) is 0.831. The van der Waals surface area contributed by atoms with E-state index in [0.29, 0.717) is 5.69 Å². The first-order valence-electron chi connectivity index (χ1n) is 7.88. The van der Waals surface area contributed by atoms with Gasteiger partial charge in [-0.1, -0.05) is 18.2 Å². The van der Waals surface area contributed by atoms with Gasteiger partial charge in [0.25, 0.3) is 5.91 Å². The number of hydrogen-bond acceptors (Lipinski definition) is 5. The third-order valence-electron chi connectivity index (χ3n) is 3.85. The Balaban J connectivity index is 1.60. The van der Waals surface area contributed by atoms with E-state index in [1.165, 1.54) is 5.01 Å². The lowest BCUT2D eigenvalue weighted by Gasteiger charge is -2.23. The number of urea groups is 1. The van der Waals surface area contributed by atoms with Gasteiger partial charge in [0.15, 0.2) is 0 Å². The van der Waals surface area contributed by atoms with Crippen LogP contribution in [0.5, 0.6) is 0 Å². The van der Waals surface area contributed by atoms with Crippen LogP contribution in [0.4, 0.5) is 10.5 Å². The van der Waals surface area contributed by atoms with E-state index >= 15 is 0 Å². The van der Waals surface area contributed by atoms with Crippen LogP contribution < -0.4 is 15.6 Å². The van der Waals surface area contributed by atoms with E-state index in [4.69, 9.17) is 0 Å². The molecule has 0 aliphatic carbocycles. The fourth-order valence-corrected chi connectivity index (χ4v) is 2.55. The van der Waals surface area contributed by atoms with Gasteiger partial charge in [-0.15, -0.1) is 0 Å². The first-order chi connectivity index (χ1) is 12.1. The van der Waals surface area contributed by atoms with Crippen LogP contribution in [0.2, 0.25) is 0 Å². The van der Waals surface area contributed by atoms with Gasteiger partial charge in [0.2, 0.25) is 11.8 Å². The van der Waals surface area contributed by atoms with Gasteiger partial charge in [-0.3, -0.25) is 19.3 Å². The highest BCUT2D eigenvalue weighted by Crippen LogP contribution is 2.19. The Hall–Kier alpha value is -3.23. The van der Waals surface area contributed by atoms with E-state index < -0.39 is 11.9 Å². The predicted octanol–water partition coefficient (Wildman–Crippen LogP) is -0.163. The molecule has 130 valence electrons. The van der Waals surface area contributed by atoms with Crippen molar-refractivity contribution in [3.8, 4) is 0 Å². The van der Waals surface area contributed by atoms with Gasteiger partial charge in [0.1, 0.15) is 5.71 Å². The van der Waals surface area contributed by atoms with Crippen LogP contribution in [-0.4, -0.2) is 54.0 Å². The number of imide groups is 1. The van der Waals surface area contributed by atoms with Crippen molar-refractivity contribution < 1.29 is 19.2 Å². The Labute approximate surface area is 143 Å². The highest BCUT2D eigenvalue weighted by Gasteiger charge is 2.29. The SMILES string of the molecule is O=C(NCCN1C(=O)CNC1=O)C1=NN(c2ccccc2)C(=O)CC1. The molecule has 0 spiro atoms. The highest BCUT2D eigenvalue weighted by atomic mass is 16.2. The number of para-hydroxylation sites is 1. The number of benzene rings is 1. The molecule has 2 heterocycles. The average molecular weight is 343 g/mol. The molecule has 1 fully saturated rings. The maximum atomic E-state index is 12.2. The van der Waals surface area contributed by atoms with Gasteiger partial charge in [-0.2, -0.15) is 5.10 Å².